The van der Waals surface area contributed by atoms with Crippen molar-refractivity contribution in [2.45, 2.75) is 33.7 Å². The first kappa shape index (κ1) is 12.5. The van der Waals surface area contributed by atoms with Crippen LogP contribution in [-0.2, 0) is 17.7 Å². The fourth-order valence-corrected chi connectivity index (χ4v) is 1.71. The third-order valence-electron chi connectivity index (χ3n) is 2.23. The van der Waals surface area contributed by atoms with E-state index >= 15 is 0 Å². The van der Waals surface area contributed by atoms with Gasteiger partial charge in [0.25, 0.3) is 0 Å². The second kappa shape index (κ2) is 6.08. The lowest BCUT2D eigenvalue weighted by atomic mass is 10.2. The summed E-state index contributed by atoms with van der Waals surface area (Å²) in [6.07, 6.45) is 2.97. The third-order valence-corrected chi connectivity index (χ3v) is 2.56. The number of H-pyrrole nitrogens is 1. The molecule has 1 aromatic rings. The first-order valence-corrected chi connectivity index (χ1v) is 5.90. The Hall–Kier alpha value is -0.610. The molecule has 0 aromatic carbocycles. The molecule has 1 aromatic heterocycles. The maximum atomic E-state index is 5.54. The Morgan fingerprint density at radius 1 is 1.53 bits per heavy atom. The minimum Gasteiger partial charge on any atom is -0.379 e. The summed E-state index contributed by atoms with van der Waals surface area (Å²) >= 11 is 5.19. The Morgan fingerprint density at radius 2 is 2.27 bits per heavy atom. The van der Waals surface area contributed by atoms with Crippen LogP contribution in [0.3, 0.4) is 0 Å². The SMILES string of the molecule is CCc1c[nH]c(=S)n1CCOCC(C)C. The lowest BCUT2D eigenvalue weighted by Crippen LogP contribution is -2.11. The zero-order valence-electron chi connectivity index (χ0n) is 9.75. The van der Waals surface area contributed by atoms with Crippen molar-refractivity contribution in [3.05, 3.63) is 16.7 Å². The number of hydrogen-bond acceptors (Lipinski definition) is 2. The summed E-state index contributed by atoms with van der Waals surface area (Å²) in [6.45, 7) is 8.83. The lowest BCUT2D eigenvalue weighted by Gasteiger charge is -2.09. The molecule has 15 heavy (non-hydrogen) atoms. The quantitative estimate of drug-likeness (QED) is 0.599. The van der Waals surface area contributed by atoms with Crippen LogP contribution in [0.2, 0.25) is 0 Å². The molecule has 1 heterocycles. The Balaban J connectivity index is 2.43. The molecule has 0 unspecified atom stereocenters. The predicted molar refractivity (Wildman–Crippen MR) is 64.7 cm³/mol. The summed E-state index contributed by atoms with van der Waals surface area (Å²) in [5.74, 6) is 0.592. The molecule has 4 heteroatoms. The van der Waals surface area contributed by atoms with E-state index in [-0.39, 0.29) is 0 Å². The molecule has 0 fully saturated rings. The zero-order valence-corrected chi connectivity index (χ0v) is 10.6. The summed E-state index contributed by atoms with van der Waals surface area (Å²) in [4.78, 5) is 3.06. The van der Waals surface area contributed by atoms with Crippen molar-refractivity contribution in [1.82, 2.24) is 9.55 Å². The Kier molecular flexibility index (Phi) is 5.05. The van der Waals surface area contributed by atoms with Gasteiger partial charge in [-0.25, -0.2) is 0 Å². The van der Waals surface area contributed by atoms with Crippen LogP contribution < -0.4 is 0 Å². The molecule has 0 bridgehead atoms. The standard InChI is InChI=1S/C11H20N2OS/c1-4-10-7-12-11(15)13(10)5-6-14-8-9(2)3/h7,9H,4-6,8H2,1-3H3,(H,12,15). The maximum absolute atomic E-state index is 5.54. The first-order chi connectivity index (χ1) is 7.15. The highest BCUT2D eigenvalue weighted by molar-refractivity contribution is 7.71. The van der Waals surface area contributed by atoms with Gasteiger partial charge in [-0.15, -0.1) is 0 Å². The van der Waals surface area contributed by atoms with Crippen molar-refractivity contribution in [2.75, 3.05) is 13.2 Å². The first-order valence-electron chi connectivity index (χ1n) is 5.50. The molecule has 0 spiro atoms. The van der Waals surface area contributed by atoms with E-state index in [2.05, 4.69) is 30.3 Å². The number of nitrogens with one attached hydrogen (secondary N) is 1. The molecule has 0 saturated carbocycles. The molecule has 0 saturated heterocycles. The van der Waals surface area contributed by atoms with Gasteiger partial charge in [0.2, 0.25) is 0 Å². The van der Waals surface area contributed by atoms with Crippen molar-refractivity contribution >= 4 is 12.2 Å². The topological polar surface area (TPSA) is 29.9 Å². The van der Waals surface area contributed by atoms with E-state index in [1.165, 1.54) is 5.69 Å². The number of nitrogens with zero attached hydrogens (tertiary/aromatic N) is 1. The summed E-state index contributed by atoms with van der Waals surface area (Å²) in [5, 5.41) is 0. The average molecular weight is 228 g/mol. The highest BCUT2D eigenvalue weighted by Gasteiger charge is 2.01. The monoisotopic (exact) mass is 228 g/mol. The van der Waals surface area contributed by atoms with E-state index in [0.717, 1.165) is 31.0 Å². The summed E-state index contributed by atoms with van der Waals surface area (Å²) < 4.78 is 8.44. The number of aromatic nitrogens is 2. The van der Waals surface area contributed by atoms with Crippen LogP contribution in [0.15, 0.2) is 6.20 Å². The molecular formula is C11H20N2OS. The van der Waals surface area contributed by atoms with Gasteiger partial charge in [-0.3, -0.25) is 0 Å². The molecule has 86 valence electrons. The fraction of sp³-hybridized carbons (Fsp3) is 0.727. The van der Waals surface area contributed by atoms with Crippen LogP contribution in [0.25, 0.3) is 0 Å². The number of rotatable bonds is 6. The number of aryl methyl sites for hydroxylation is 1. The van der Waals surface area contributed by atoms with Gasteiger partial charge < -0.3 is 14.3 Å². The summed E-state index contributed by atoms with van der Waals surface area (Å²) in [6, 6.07) is 0. The van der Waals surface area contributed by atoms with E-state index in [0.29, 0.717) is 5.92 Å². The van der Waals surface area contributed by atoms with Gasteiger partial charge in [-0.2, -0.15) is 0 Å². The molecule has 0 aliphatic carbocycles. The maximum Gasteiger partial charge on any atom is 0.177 e. The molecule has 1 rings (SSSR count). The van der Waals surface area contributed by atoms with Crippen LogP contribution in [0.5, 0.6) is 0 Å². The predicted octanol–water partition coefficient (Wildman–Crippen LogP) is 2.78. The molecule has 0 amide bonds. The Bertz CT molecular complexity index is 341. The molecule has 0 aliphatic rings. The second-order valence-corrected chi connectivity index (χ2v) is 4.45. The van der Waals surface area contributed by atoms with Crippen LogP contribution in [-0.4, -0.2) is 22.8 Å². The van der Waals surface area contributed by atoms with Gasteiger partial charge >= 0.3 is 0 Å². The molecule has 1 N–H and O–H groups in total. The highest BCUT2D eigenvalue weighted by atomic mass is 32.1. The van der Waals surface area contributed by atoms with Gasteiger partial charge in [0.1, 0.15) is 0 Å². The molecular weight excluding hydrogens is 208 g/mol. The largest absolute Gasteiger partial charge is 0.379 e. The van der Waals surface area contributed by atoms with Gasteiger partial charge in [-0.05, 0) is 24.6 Å². The smallest absolute Gasteiger partial charge is 0.177 e. The number of aromatic amines is 1. The van der Waals surface area contributed by atoms with Gasteiger partial charge in [-0.1, -0.05) is 20.8 Å². The van der Waals surface area contributed by atoms with Crippen molar-refractivity contribution in [2.24, 2.45) is 5.92 Å². The van der Waals surface area contributed by atoms with E-state index in [1.54, 1.807) is 0 Å². The third kappa shape index (κ3) is 3.80. The molecule has 0 atom stereocenters. The lowest BCUT2D eigenvalue weighted by molar-refractivity contribution is 0.102. The number of hydrogen-bond donors (Lipinski definition) is 1. The van der Waals surface area contributed by atoms with Crippen molar-refractivity contribution < 1.29 is 4.74 Å². The minimum absolute atomic E-state index is 0.592. The highest BCUT2D eigenvalue weighted by Crippen LogP contribution is 2.03. The van der Waals surface area contributed by atoms with Gasteiger partial charge in [0.15, 0.2) is 4.77 Å². The minimum atomic E-state index is 0.592. The van der Waals surface area contributed by atoms with Crippen LogP contribution in [0.4, 0.5) is 0 Å². The molecule has 3 nitrogen and oxygen atoms in total. The number of ether oxygens (including phenoxy) is 1. The van der Waals surface area contributed by atoms with Crippen LogP contribution in [0.1, 0.15) is 26.5 Å². The van der Waals surface area contributed by atoms with Crippen LogP contribution >= 0.6 is 12.2 Å². The number of imidazole rings is 1. The van der Waals surface area contributed by atoms with Crippen molar-refractivity contribution in [1.29, 1.82) is 0 Å². The molecule has 0 aliphatic heterocycles. The average Bonchev–Trinajstić information content (AvgIpc) is 2.54. The van der Waals surface area contributed by atoms with E-state index < -0.39 is 0 Å². The van der Waals surface area contributed by atoms with E-state index in [9.17, 15) is 0 Å². The second-order valence-electron chi connectivity index (χ2n) is 4.06. The fourth-order valence-electron chi connectivity index (χ4n) is 1.44. The van der Waals surface area contributed by atoms with Crippen molar-refractivity contribution in [3.63, 3.8) is 0 Å². The zero-order chi connectivity index (χ0) is 11.3. The normalized spacial score (nSPS) is 11.2. The van der Waals surface area contributed by atoms with Crippen LogP contribution in [0, 0.1) is 10.7 Å². The molecule has 0 radical (unpaired) electrons. The summed E-state index contributed by atoms with van der Waals surface area (Å²) in [7, 11) is 0. The van der Waals surface area contributed by atoms with Gasteiger partial charge in [0, 0.05) is 25.0 Å². The van der Waals surface area contributed by atoms with E-state index in [1.807, 2.05) is 6.20 Å². The summed E-state index contributed by atoms with van der Waals surface area (Å²) in [5.41, 5.74) is 1.24. The Morgan fingerprint density at radius 3 is 2.87 bits per heavy atom. The van der Waals surface area contributed by atoms with Gasteiger partial charge in [0.05, 0.1) is 6.61 Å². The van der Waals surface area contributed by atoms with Crippen molar-refractivity contribution in [3.8, 4) is 0 Å². The van der Waals surface area contributed by atoms with E-state index in [4.69, 9.17) is 17.0 Å². The Labute approximate surface area is 96.5 Å².